The monoisotopic (exact) mass is 392 g/mol. The Kier molecular flexibility index (Phi) is 7.20. The zero-order valence-electron chi connectivity index (χ0n) is 15.5. The Balaban J connectivity index is 1.44. The summed E-state index contributed by atoms with van der Waals surface area (Å²) >= 11 is 5.90. The highest BCUT2D eigenvalue weighted by molar-refractivity contribution is 6.30. The summed E-state index contributed by atoms with van der Waals surface area (Å²) in [6, 6.07) is 7.34. The summed E-state index contributed by atoms with van der Waals surface area (Å²) in [5, 5.41) is 7.71. The van der Waals surface area contributed by atoms with Gasteiger partial charge in [0.25, 0.3) is 0 Å². The van der Waals surface area contributed by atoms with Crippen LogP contribution in [0.3, 0.4) is 0 Å². The van der Waals surface area contributed by atoms with Crippen molar-refractivity contribution >= 4 is 17.5 Å². The zero-order chi connectivity index (χ0) is 19.1. The molecule has 2 heterocycles. The minimum Gasteiger partial charge on any atom is -0.385 e. The van der Waals surface area contributed by atoms with Gasteiger partial charge in [-0.25, -0.2) is 0 Å². The van der Waals surface area contributed by atoms with E-state index in [4.69, 9.17) is 20.9 Å². The summed E-state index contributed by atoms with van der Waals surface area (Å²) in [4.78, 5) is 18.9. The van der Waals surface area contributed by atoms with Gasteiger partial charge in [-0.2, -0.15) is 4.98 Å². The van der Waals surface area contributed by atoms with E-state index in [1.165, 1.54) is 0 Å². The van der Waals surface area contributed by atoms with E-state index in [2.05, 4.69) is 20.4 Å². The van der Waals surface area contributed by atoms with Crippen molar-refractivity contribution in [2.75, 3.05) is 33.4 Å². The van der Waals surface area contributed by atoms with E-state index in [9.17, 15) is 4.79 Å². The summed E-state index contributed by atoms with van der Waals surface area (Å²) in [5.41, 5.74) is 0.873. The van der Waals surface area contributed by atoms with Gasteiger partial charge in [-0.1, -0.05) is 16.8 Å². The molecule has 1 aliphatic rings. The number of nitrogens with zero attached hydrogens (tertiary/aromatic N) is 3. The molecule has 0 saturated carbocycles. The molecule has 146 valence electrons. The van der Waals surface area contributed by atoms with Crippen molar-refractivity contribution in [3.63, 3.8) is 0 Å². The van der Waals surface area contributed by atoms with Gasteiger partial charge in [0.2, 0.25) is 17.6 Å². The van der Waals surface area contributed by atoms with Gasteiger partial charge >= 0.3 is 0 Å². The lowest BCUT2D eigenvalue weighted by molar-refractivity contribution is -0.126. The third kappa shape index (κ3) is 5.76. The van der Waals surface area contributed by atoms with Gasteiger partial charge < -0.3 is 14.6 Å². The quantitative estimate of drug-likeness (QED) is 0.696. The number of benzene rings is 1. The zero-order valence-corrected chi connectivity index (χ0v) is 16.2. The van der Waals surface area contributed by atoms with Crippen LogP contribution in [0.2, 0.25) is 5.02 Å². The minimum atomic E-state index is 0.0797. The molecular formula is C19H25ClN4O3. The van der Waals surface area contributed by atoms with Crippen LogP contribution in [0, 0.1) is 5.92 Å². The van der Waals surface area contributed by atoms with Crippen molar-refractivity contribution in [3.8, 4) is 11.4 Å². The Hall–Kier alpha value is -1.96. The van der Waals surface area contributed by atoms with Crippen molar-refractivity contribution in [3.05, 3.63) is 35.2 Å². The molecule has 1 amide bonds. The van der Waals surface area contributed by atoms with E-state index < -0.39 is 0 Å². The summed E-state index contributed by atoms with van der Waals surface area (Å²) in [7, 11) is 1.67. The van der Waals surface area contributed by atoms with Crippen LogP contribution in [0.1, 0.15) is 25.2 Å². The number of methoxy groups -OCH3 is 1. The van der Waals surface area contributed by atoms with Crippen LogP contribution >= 0.6 is 11.6 Å². The highest BCUT2D eigenvalue weighted by atomic mass is 35.5. The van der Waals surface area contributed by atoms with Crippen molar-refractivity contribution in [2.24, 2.45) is 5.92 Å². The molecule has 0 bridgehead atoms. The number of halogens is 1. The molecule has 7 nitrogen and oxygen atoms in total. The molecule has 0 spiro atoms. The third-order valence-electron chi connectivity index (χ3n) is 4.71. The Morgan fingerprint density at radius 3 is 2.78 bits per heavy atom. The Morgan fingerprint density at radius 2 is 2.07 bits per heavy atom. The fourth-order valence-electron chi connectivity index (χ4n) is 3.15. The number of likely N-dealkylation sites (tertiary alicyclic amines) is 1. The van der Waals surface area contributed by atoms with Crippen molar-refractivity contribution in [1.82, 2.24) is 20.4 Å². The predicted octanol–water partition coefficient (Wildman–Crippen LogP) is 2.75. The maximum absolute atomic E-state index is 12.2. The molecule has 0 aliphatic carbocycles. The number of nitrogens with one attached hydrogen (secondary N) is 1. The smallest absolute Gasteiger partial charge is 0.241 e. The predicted molar refractivity (Wildman–Crippen MR) is 102 cm³/mol. The van der Waals surface area contributed by atoms with Crippen LogP contribution in [0.4, 0.5) is 0 Å². The number of hydrogen-bond acceptors (Lipinski definition) is 6. The first kappa shape index (κ1) is 19.8. The third-order valence-corrected chi connectivity index (χ3v) is 4.96. The van der Waals surface area contributed by atoms with Gasteiger partial charge in [0.05, 0.1) is 6.54 Å². The molecule has 0 unspecified atom stereocenters. The van der Waals surface area contributed by atoms with Crippen LogP contribution in [-0.4, -0.2) is 54.3 Å². The Labute approximate surface area is 164 Å². The van der Waals surface area contributed by atoms with E-state index in [-0.39, 0.29) is 11.8 Å². The number of carbonyl (C=O) groups is 1. The lowest BCUT2D eigenvalue weighted by Crippen LogP contribution is -2.40. The normalized spacial score (nSPS) is 15.8. The SMILES string of the molecule is COCCCNC(=O)C1CCN(Cc2nc(-c3ccc(Cl)cc3)no2)CC1. The molecule has 8 heteroatoms. The van der Waals surface area contributed by atoms with Gasteiger partial charge in [0.15, 0.2) is 0 Å². The highest BCUT2D eigenvalue weighted by Gasteiger charge is 2.25. The second kappa shape index (κ2) is 9.82. The molecule has 1 N–H and O–H groups in total. The molecular weight excluding hydrogens is 368 g/mol. The number of carbonyl (C=O) groups excluding carboxylic acids is 1. The molecule has 27 heavy (non-hydrogen) atoms. The molecule has 2 aromatic rings. The number of piperidine rings is 1. The standard InChI is InChI=1S/C19H25ClN4O3/c1-26-12-2-9-21-19(25)15-7-10-24(11-8-15)13-17-22-18(23-27-17)14-3-5-16(20)6-4-14/h3-6,15H,2,7-13H2,1H3,(H,21,25). The van der Waals surface area contributed by atoms with E-state index in [0.717, 1.165) is 37.9 Å². The highest BCUT2D eigenvalue weighted by Crippen LogP contribution is 2.21. The maximum Gasteiger partial charge on any atom is 0.241 e. The van der Waals surface area contributed by atoms with Gasteiger partial charge in [0.1, 0.15) is 0 Å². The summed E-state index contributed by atoms with van der Waals surface area (Å²) < 4.78 is 10.4. The van der Waals surface area contributed by atoms with Gasteiger partial charge in [-0.15, -0.1) is 0 Å². The fourth-order valence-corrected chi connectivity index (χ4v) is 3.28. The van der Waals surface area contributed by atoms with Crippen LogP contribution in [0.15, 0.2) is 28.8 Å². The first-order valence-electron chi connectivity index (χ1n) is 9.23. The van der Waals surface area contributed by atoms with Crippen LogP contribution in [0.5, 0.6) is 0 Å². The Bertz CT molecular complexity index is 727. The first-order valence-corrected chi connectivity index (χ1v) is 9.61. The average molecular weight is 393 g/mol. The average Bonchev–Trinajstić information content (AvgIpc) is 3.15. The van der Waals surface area contributed by atoms with E-state index in [0.29, 0.717) is 36.4 Å². The second-order valence-corrected chi connectivity index (χ2v) is 7.14. The van der Waals surface area contributed by atoms with E-state index >= 15 is 0 Å². The number of ether oxygens (including phenoxy) is 1. The largest absolute Gasteiger partial charge is 0.385 e. The molecule has 1 saturated heterocycles. The summed E-state index contributed by atoms with van der Waals surface area (Å²) in [6.45, 7) is 3.62. The first-order chi connectivity index (χ1) is 13.2. The van der Waals surface area contributed by atoms with Gasteiger partial charge in [-0.3, -0.25) is 9.69 Å². The van der Waals surface area contributed by atoms with Gasteiger partial charge in [-0.05, 0) is 56.6 Å². The van der Waals surface area contributed by atoms with Crippen molar-refractivity contribution < 1.29 is 14.1 Å². The van der Waals surface area contributed by atoms with E-state index in [1.54, 1.807) is 19.2 Å². The Morgan fingerprint density at radius 1 is 1.33 bits per heavy atom. The number of aromatic nitrogens is 2. The van der Waals surface area contributed by atoms with E-state index in [1.807, 2.05) is 12.1 Å². The molecule has 3 rings (SSSR count). The van der Waals surface area contributed by atoms with Crippen molar-refractivity contribution in [2.45, 2.75) is 25.8 Å². The summed E-state index contributed by atoms with van der Waals surface area (Å²) in [5.74, 6) is 1.37. The maximum atomic E-state index is 12.2. The number of amides is 1. The fraction of sp³-hybridized carbons (Fsp3) is 0.526. The van der Waals surface area contributed by atoms with Crippen LogP contribution in [-0.2, 0) is 16.1 Å². The topological polar surface area (TPSA) is 80.5 Å². The molecule has 0 radical (unpaired) electrons. The number of hydrogen-bond donors (Lipinski definition) is 1. The number of rotatable bonds is 8. The minimum absolute atomic E-state index is 0.0797. The lowest BCUT2D eigenvalue weighted by Gasteiger charge is -2.30. The summed E-state index contributed by atoms with van der Waals surface area (Å²) in [6.07, 6.45) is 2.52. The van der Waals surface area contributed by atoms with Crippen molar-refractivity contribution in [1.29, 1.82) is 0 Å². The molecule has 1 aliphatic heterocycles. The molecule has 1 aromatic carbocycles. The molecule has 0 atom stereocenters. The van der Waals surface area contributed by atoms with Crippen LogP contribution in [0.25, 0.3) is 11.4 Å². The lowest BCUT2D eigenvalue weighted by atomic mass is 9.96. The molecule has 1 aromatic heterocycles. The molecule has 1 fully saturated rings. The van der Waals surface area contributed by atoms with Crippen LogP contribution < -0.4 is 5.32 Å². The van der Waals surface area contributed by atoms with Gasteiger partial charge in [0, 0.05) is 36.8 Å². The second-order valence-electron chi connectivity index (χ2n) is 6.71.